The molecule has 0 aliphatic rings. The summed E-state index contributed by atoms with van der Waals surface area (Å²) in [6, 6.07) is 13.4. The highest BCUT2D eigenvalue weighted by atomic mass is 32.1. The van der Waals surface area contributed by atoms with Gasteiger partial charge in [-0.15, -0.1) is 11.3 Å². The fourth-order valence-corrected chi connectivity index (χ4v) is 4.21. The standard InChI is InChI=1S/C25H27FN6OS/c1-16-5-7-17(8-6-16)28-25(33)29-18-9-10-19(20(26)15-18)23-30-21-11-14-34-22(21)24(31-23)27-12-4-13-32(2)3/h5-11,14-15H,4,12-13H2,1-3H3,(H,27,30,31)(H2,28,29,33). The Hall–Kier alpha value is -3.56. The number of hydrogen-bond donors (Lipinski definition) is 3. The van der Waals surface area contributed by atoms with Gasteiger partial charge in [0.05, 0.1) is 15.8 Å². The molecule has 0 aliphatic carbocycles. The molecule has 0 radical (unpaired) electrons. The first-order chi connectivity index (χ1) is 16.4. The number of thiophene rings is 1. The van der Waals surface area contributed by atoms with Crippen molar-refractivity contribution in [1.82, 2.24) is 14.9 Å². The first-order valence-electron chi connectivity index (χ1n) is 11.0. The molecular weight excluding hydrogens is 451 g/mol. The van der Waals surface area contributed by atoms with E-state index >= 15 is 4.39 Å². The number of carbonyl (C=O) groups is 1. The predicted octanol–water partition coefficient (Wildman–Crippen LogP) is 5.81. The first kappa shape index (κ1) is 23.6. The van der Waals surface area contributed by atoms with E-state index in [0.717, 1.165) is 35.3 Å². The van der Waals surface area contributed by atoms with Gasteiger partial charge in [-0.3, -0.25) is 0 Å². The molecule has 9 heteroatoms. The molecule has 0 fully saturated rings. The lowest BCUT2D eigenvalue weighted by Gasteiger charge is -2.12. The zero-order chi connectivity index (χ0) is 24.1. The summed E-state index contributed by atoms with van der Waals surface area (Å²) in [5.41, 5.74) is 3.13. The minimum absolute atomic E-state index is 0.272. The zero-order valence-corrected chi connectivity index (χ0v) is 20.2. The van der Waals surface area contributed by atoms with Crippen molar-refractivity contribution in [3.63, 3.8) is 0 Å². The van der Waals surface area contributed by atoms with E-state index in [-0.39, 0.29) is 5.56 Å². The Morgan fingerprint density at radius 2 is 1.76 bits per heavy atom. The van der Waals surface area contributed by atoms with Crippen LogP contribution in [0.1, 0.15) is 12.0 Å². The number of urea groups is 1. The second-order valence-electron chi connectivity index (χ2n) is 8.25. The fraction of sp³-hybridized carbons (Fsp3) is 0.240. The molecule has 0 spiro atoms. The monoisotopic (exact) mass is 478 g/mol. The first-order valence-corrected chi connectivity index (χ1v) is 11.9. The molecule has 0 saturated carbocycles. The van der Waals surface area contributed by atoms with Crippen LogP contribution in [0.3, 0.4) is 0 Å². The van der Waals surface area contributed by atoms with Crippen LogP contribution in [-0.4, -0.2) is 48.1 Å². The molecule has 34 heavy (non-hydrogen) atoms. The quantitative estimate of drug-likeness (QED) is 0.278. The molecule has 2 heterocycles. The van der Waals surface area contributed by atoms with E-state index in [1.807, 2.05) is 56.7 Å². The predicted molar refractivity (Wildman–Crippen MR) is 138 cm³/mol. The van der Waals surface area contributed by atoms with Gasteiger partial charge in [0.15, 0.2) is 5.82 Å². The normalized spacial score (nSPS) is 11.1. The summed E-state index contributed by atoms with van der Waals surface area (Å²) in [4.78, 5) is 23.6. The van der Waals surface area contributed by atoms with Gasteiger partial charge in [0, 0.05) is 17.9 Å². The van der Waals surface area contributed by atoms with Gasteiger partial charge in [-0.1, -0.05) is 17.7 Å². The maximum absolute atomic E-state index is 15.0. The summed E-state index contributed by atoms with van der Waals surface area (Å²) >= 11 is 1.55. The number of rotatable bonds is 8. The van der Waals surface area contributed by atoms with Gasteiger partial charge < -0.3 is 20.9 Å². The lowest BCUT2D eigenvalue weighted by atomic mass is 10.1. The minimum Gasteiger partial charge on any atom is -0.369 e. The van der Waals surface area contributed by atoms with Crippen LogP contribution in [-0.2, 0) is 0 Å². The molecule has 0 bridgehead atoms. The molecule has 7 nitrogen and oxygen atoms in total. The summed E-state index contributed by atoms with van der Waals surface area (Å²) in [7, 11) is 4.07. The molecule has 0 aliphatic heterocycles. The van der Waals surface area contributed by atoms with Crippen LogP contribution in [0.15, 0.2) is 53.9 Å². The Labute approximate surface area is 202 Å². The minimum atomic E-state index is -0.513. The smallest absolute Gasteiger partial charge is 0.323 e. The Morgan fingerprint density at radius 3 is 2.50 bits per heavy atom. The van der Waals surface area contributed by atoms with E-state index in [9.17, 15) is 4.79 Å². The molecule has 2 aromatic carbocycles. The zero-order valence-electron chi connectivity index (χ0n) is 19.4. The van der Waals surface area contributed by atoms with Crippen molar-refractivity contribution >= 4 is 44.8 Å². The van der Waals surface area contributed by atoms with Crippen LogP contribution >= 0.6 is 11.3 Å². The lowest BCUT2D eigenvalue weighted by Crippen LogP contribution is -2.19. The summed E-state index contributed by atoms with van der Waals surface area (Å²) in [5.74, 6) is 0.489. The van der Waals surface area contributed by atoms with Crippen LogP contribution in [0.4, 0.5) is 26.4 Å². The molecular formula is C25H27FN6OS. The van der Waals surface area contributed by atoms with E-state index in [1.54, 1.807) is 23.5 Å². The molecule has 0 saturated heterocycles. The van der Waals surface area contributed by atoms with Crippen molar-refractivity contribution in [3.8, 4) is 11.4 Å². The number of halogens is 1. The lowest BCUT2D eigenvalue weighted by molar-refractivity contribution is 0.262. The van der Waals surface area contributed by atoms with E-state index in [2.05, 4.69) is 30.8 Å². The van der Waals surface area contributed by atoms with Crippen molar-refractivity contribution < 1.29 is 9.18 Å². The van der Waals surface area contributed by atoms with Gasteiger partial charge in [-0.2, -0.15) is 0 Å². The largest absolute Gasteiger partial charge is 0.369 e. The molecule has 4 rings (SSSR count). The SMILES string of the molecule is Cc1ccc(NC(=O)Nc2ccc(-c3nc(NCCCN(C)C)c4sccc4n3)c(F)c2)cc1. The van der Waals surface area contributed by atoms with Crippen LogP contribution in [0.2, 0.25) is 0 Å². The van der Waals surface area contributed by atoms with Crippen LogP contribution < -0.4 is 16.0 Å². The number of hydrogen-bond acceptors (Lipinski definition) is 6. The van der Waals surface area contributed by atoms with Crippen molar-refractivity contribution in [3.05, 3.63) is 65.3 Å². The summed E-state index contributed by atoms with van der Waals surface area (Å²) < 4.78 is 16.0. The summed E-state index contributed by atoms with van der Waals surface area (Å²) in [5, 5.41) is 10.7. The van der Waals surface area contributed by atoms with Crippen LogP contribution in [0.5, 0.6) is 0 Å². The number of nitrogens with zero attached hydrogens (tertiary/aromatic N) is 3. The van der Waals surface area contributed by atoms with Crippen LogP contribution in [0.25, 0.3) is 21.6 Å². The van der Waals surface area contributed by atoms with Gasteiger partial charge in [0.25, 0.3) is 0 Å². The highest BCUT2D eigenvalue weighted by Crippen LogP contribution is 2.30. The van der Waals surface area contributed by atoms with Crippen molar-refractivity contribution in [2.45, 2.75) is 13.3 Å². The second kappa shape index (κ2) is 10.6. The fourth-order valence-electron chi connectivity index (χ4n) is 3.41. The highest BCUT2D eigenvalue weighted by molar-refractivity contribution is 7.17. The number of aryl methyl sites for hydroxylation is 1. The Morgan fingerprint density at radius 1 is 1.03 bits per heavy atom. The Balaban J connectivity index is 1.50. The number of anilines is 3. The number of amides is 2. The third-order valence-corrected chi connectivity index (χ3v) is 6.07. The van der Waals surface area contributed by atoms with Gasteiger partial charge in [0.1, 0.15) is 11.6 Å². The molecule has 0 unspecified atom stereocenters. The molecule has 176 valence electrons. The van der Waals surface area contributed by atoms with E-state index < -0.39 is 11.8 Å². The molecule has 2 amide bonds. The molecule has 0 atom stereocenters. The maximum atomic E-state index is 15.0. The Bertz CT molecular complexity index is 1290. The third-order valence-electron chi connectivity index (χ3n) is 5.16. The van der Waals surface area contributed by atoms with Gasteiger partial charge in [-0.25, -0.2) is 19.2 Å². The average molecular weight is 479 g/mol. The van der Waals surface area contributed by atoms with Crippen LogP contribution in [0, 0.1) is 12.7 Å². The molecule has 4 aromatic rings. The Kier molecular flexibility index (Phi) is 7.34. The third kappa shape index (κ3) is 5.86. The number of nitrogens with one attached hydrogen (secondary N) is 3. The van der Waals surface area contributed by atoms with Crippen molar-refractivity contribution in [2.75, 3.05) is 43.1 Å². The summed E-state index contributed by atoms with van der Waals surface area (Å²) in [6.45, 7) is 3.68. The molecule has 2 aromatic heterocycles. The summed E-state index contributed by atoms with van der Waals surface area (Å²) in [6.07, 6.45) is 0.957. The number of fused-ring (bicyclic) bond motifs is 1. The average Bonchev–Trinajstić information content (AvgIpc) is 3.27. The van der Waals surface area contributed by atoms with Gasteiger partial charge in [-0.05, 0) is 75.8 Å². The highest BCUT2D eigenvalue weighted by Gasteiger charge is 2.15. The number of benzene rings is 2. The maximum Gasteiger partial charge on any atom is 0.323 e. The van der Waals surface area contributed by atoms with Gasteiger partial charge in [0.2, 0.25) is 0 Å². The second-order valence-corrected chi connectivity index (χ2v) is 9.17. The van der Waals surface area contributed by atoms with E-state index in [0.29, 0.717) is 23.0 Å². The number of carbonyl (C=O) groups excluding carboxylic acids is 1. The van der Waals surface area contributed by atoms with E-state index in [1.165, 1.54) is 6.07 Å². The van der Waals surface area contributed by atoms with Crippen molar-refractivity contribution in [2.24, 2.45) is 0 Å². The number of aromatic nitrogens is 2. The topological polar surface area (TPSA) is 82.2 Å². The van der Waals surface area contributed by atoms with E-state index in [4.69, 9.17) is 0 Å². The van der Waals surface area contributed by atoms with Gasteiger partial charge >= 0.3 is 6.03 Å². The van der Waals surface area contributed by atoms with Crippen molar-refractivity contribution in [1.29, 1.82) is 0 Å². The molecule has 3 N–H and O–H groups in total.